The molecule has 0 amide bonds. The molecule has 0 aliphatic carbocycles. The molecule has 0 spiro atoms. The first-order valence-electron chi connectivity index (χ1n) is 5.53. The molecule has 0 fully saturated rings. The molecule has 0 aromatic carbocycles. The van der Waals surface area contributed by atoms with Gasteiger partial charge in [-0.15, -0.1) is 11.3 Å². The van der Waals surface area contributed by atoms with Crippen molar-refractivity contribution in [3.05, 3.63) is 16.1 Å². The molecule has 0 aliphatic heterocycles. The van der Waals surface area contributed by atoms with Crippen LogP contribution in [0.5, 0.6) is 0 Å². The summed E-state index contributed by atoms with van der Waals surface area (Å²) in [5.74, 6) is -1.02. The van der Waals surface area contributed by atoms with E-state index in [1.54, 1.807) is 5.51 Å². The SMILES string of the molecule is Cc1ncsc1CN(C)S(=O)(=O)N(C)CCC(=O)O. The van der Waals surface area contributed by atoms with Crippen LogP contribution in [0.15, 0.2) is 5.51 Å². The fourth-order valence-corrected chi connectivity index (χ4v) is 3.37. The van der Waals surface area contributed by atoms with Gasteiger partial charge in [0.2, 0.25) is 0 Å². The molecule has 0 saturated carbocycles. The van der Waals surface area contributed by atoms with Gasteiger partial charge in [0.25, 0.3) is 10.2 Å². The maximum atomic E-state index is 12.1. The van der Waals surface area contributed by atoms with Gasteiger partial charge in [-0.3, -0.25) is 4.79 Å². The number of aryl methyl sites for hydroxylation is 1. The molecule has 0 saturated heterocycles. The van der Waals surface area contributed by atoms with E-state index in [2.05, 4.69) is 4.98 Å². The highest BCUT2D eigenvalue weighted by Crippen LogP contribution is 2.17. The summed E-state index contributed by atoms with van der Waals surface area (Å²) in [5, 5.41) is 8.57. The fourth-order valence-electron chi connectivity index (χ4n) is 1.37. The van der Waals surface area contributed by atoms with E-state index < -0.39 is 16.2 Å². The summed E-state index contributed by atoms with van der Waals surface area (Å²) in [7, 11) is -0.812. The van der Waals surface area contributed by atoms with Gasteiger partial charge in [0.15, 0.2) is 0 Å². The van der Waals surface area contributed by atoms with Gasteiger partial charge in [0.05, 0.1) is 24.2 Å². The molecule has 9 heteroatoms. The summed E-state index contributed by atoms with van der Waals surface area (Å²) in [4.78, 5) is 15.4. The number of aliphatic carboxylic acids is 1. The fraction of sp³-hybridized carbons (Fsp3) is 0.600. The van der Waals surface area contributed by atoms with E-state index in [-0.39, 0.29) is 19.5 Å². The van der Waals surface area contributed by atoms with Gasteiger partial charge < -0.3 is 5.11 Å². The number of rotatable bonds is 7. The van der Waals surface area contributed by atoms with Crippen LogP contribution in [0.4, 0.5) is 0 Å². The Morgan fingerprint density at radius 2 is 2.05 bits per heavy atom. The third-order valence-corrected chi connectivity index (χ3v) is 5.45. The predicted molar refractivity (Wildman–Crippen MR) is 72.1 cm³/mol. The van der Waals surface area contributed by atoms with Crippen LogP contribution in [0, 0.1) is 6.92 Å². The third-order valence-electron chi connectivity index (χ3n) is 2.64. The molecule has 1 aromatic heterocycles. The number of nitrogens with zero attached hydrogens (tertiary/aromatic N) is 3. The molecule has 0 aliphatic rings. The second kappa shape index (κ2) is 6.42. The minimum absolute atomic E-state index is 0.0519. The third kappa shape index (κ3) is 4.23. The van der Waals surface area contributed by atoms with Crippen LogP contribution in [-0.2, 0) is 21.5 Å². The first-order valence-corrected chi connectivity index (χ1v) is 7.81. The minimum Gasteiger partial charge on any atom is -0.481 e. The highest BCUT2D eigenvalue weighted by atomic mass is 32.2. The van der Waals surface area contributed by atoms with Gasteiger partial charge in [0, 0.05) is 25.5 Å². The van der Waals surface area contributed by atoms with Crippen molar-refractivity contribution in [1.82, 2.24) is 13.6 Å². The summed E-state index contributed by atoms with van der Waals surface area (Å²) in [6.07, 6.45) is -0.219. The second-order valence-corrected chi connectivity index (χ2v) is 7.17. The number of hydrogen-bond acceptors (Lipinski definition) is 5. The van der Waals surface area contributed by atoms with Crippen LogP contribution in [0.1, 0.15) is 17.0 Å². The van der Waals surface area contributed by atoms with E-state index in [9.17, 15) is 13.2 Å². The zero-order valence-corrected chi connectivity index (χ0v) is 12.7. The Hall–Kier alpha value is -1.03. The molecular weight excluding hydrogens is 290 g/mol. The maximum absolute atomic E-state index is 12.1. The standard InChI is InChI=1S/C10H17N3O4S2/c1-8-9(18-7-11-8)6-13(3)19(16,17)12(2)5-4-10(14)15/h7H,4-6H2,1-3H3,(H,14,15). The van der Waals surface area contributed by atoms with Crippen molar-refractivity contribution >= 4 is 27.5 Å². The molecule has 7 nitrogen and oxygen atoms in total. The van der Waals surface area contributed by atoms with Crippen molar-refractivity contribution in [2.45, 2.75) is 19.9 Å². The summed E-state index contributed by atoms with van der Waals surface area (Å²) >= 11 is 1.39. The van der Waals surface area contributed by atoms with Gasteiger partial charge in [-0.25, -0.2) is 4.98 Å². The molecule has 0 radical (unpaired) electrons. The van der Waals surface area contributed by atoms with E-state index in [4.69, 9.17) is 5.11 Å². The lowest BCUT2D eigenvalue weighted by molar-refractivity contribution is -0.137. The molecule has 19 heavy (non-hydrogen) atoms. The van der Waals surface area contributed by atoms with Crippen LogP contribution < -0.4 is 0 Å². The molecule has 1 rings (SSSR count). The molecule has 108 valence electrons. The molecule has 0 atom stereocenters. The van der Waals surface area contributed by atoms with E-state index in [1.807, 2.05) is 6.92 Å². The average Bonchev–Trinajstić information content (AvgIpc) is 2.71. The van der Waals surface area contributed by atoms with Gasteiger partial charge in [-0.2, -0.15) is 17.0 Å². The zero-order valence-electron chi connectivity index (χ0n) is 11.0. The second-order valence-electron chi connectivity index (χ2n) is 4.09. The average molecular weight is 307 g/mol. The van der Waals surface area contributed by atoms with Crippen molar-refractivity contribution in [2.75, 3.05) is 20.6 Å². The monoisotopic (exact) mass is 307 g/mol. The van der Waals surface area contributed by atoms with Crippen molar-refractivity contribution in [1.29, 1.82) is 0 Å². The molecule has 1 aromatic rings. The summed E-state index contributed by atoms with van der Waals surface area (Å²) in [6, 6.07) is 0. The Bertz CT molecular complexity index is 541. The lowest BCUT2D eigenvalue weighted by Gasteiger charge is -2.23. The maximum Gasteiger partial charge on any atom is 0.304 e. The summed E-state index contributed by atoms with van der Waals surface area (Å²) < 4.78 is 26.5. The zero-order chi connectivity index (χ0) is 14.6. The van der Waals surface area contributed by atoms with Crippen LogP contribution in [0.25, 0.3) is 0 Å². The Morgan fingerprint density at radius 1 is 1.42 bits per heavy atom. The smallest absolute Gasteiger partial charge is 0.304 e. The lowest BCUT2D eigenvalue weighted by atomic mass is 10.4. The topological polar surface area (TPSA) is 90.8 Å². The highest BCUT2D eigenvalue weighted by Gasteiger charge is 2.24. The van der Waals surface area contributed by atoms with Gasteiger partial charge in [-0.05, 0) is 6.92 Å². The molecule has 1 N–H and O–H groups in total. The van der Waals surface area contributed by atoms with Gasteiger partial charge in [0.1, 0.15) is 0 Å². The number of aromatic nitrogens is 1. The number of carboxylic acids is 1. The summed E-state index contributed by atoms with van der Waals surface area (Å²) in [6.45, 7) is 2.00. The van der Waals surface area contributed by atoms with Crippen molar-refractivity contribution in [3.8, 4) is 0 Å². The number of carboxylic acid groups (broad SMARTS) is 1. The minimum atomic E-state index is -3.65. The van der Waals surface area contributed by atoms with Crippen LogP contribution in [-0.4, -0.2) is 53.7 Å². The van der Waals surface area contributed by atoms with E-state index >= 15 is 0 Å². The van der Waals surface area contributed by atoms with Crippen LogP contribution >= 0.6 is 11.3 Å². The van der Waals surface area contributed by atoms with Gasteiger partial charge in [-0.1, -0.05) is 0 Å². The molecule has 0 unspecified atom stereocenters. The molecular formula is C10H17N3O4S2. The largest absolute Gasteiger partial charge is 0.481 e. The van der Waals surface area contributed by atoms with Crippen molar-refractivity contribution in [3.63, 3.8) is 0 Å². The number of hydrogen-bond donors (Lipinski definition) is 1. The predicted octanol–water partition coefficient (Wildman–Crippen LogP) is 0.535. The van der Waals surface area contributed by atoms with Crippen LogP contribution in [0.2, 0.25) is 0 Å². The van der Waals surface area contributed by atoms with Gasteiger partial charge >= 0.3 is 5.97 Å². The van der Waals surface area contributed by atoms with Crippen molar-refractivity contribution in [2.24, 2.45) is 0 Å². The lowest BCUT2D eigenvalue weighted by Crippen LogP contribution is -2.40. The Kier molecular flexibility index (Phi) is 5.41. The Labute approximate surface area is 116 Å². The van der Waals surface area contributed by atoms with Crippen LogP contribution in [0.3, 0.4) is 0 Å². The quantitative estimate of drug-likeness (QED) is 0.793. The number of carbonyl (C=O) groups is 1. The molecule has 0 bridgehead atoms. The highest BCUT2D eigenvalue weighted by molar-refractivity contribution is 7.86. The van der Waals surface area contributed by atoms with Crippen molar-refractivity contribution < 1.29 is 18.3 Å². The Balaban J connectivity index is 2.71. The molecule has 1 heterocycles. The normalized spacial score (nSPS) is 12.3. The van der Waals surface area contributed by atoms with E-state index in [0.29, 0.717) is 0 Å². The Morgan fingerprint density at radius 3 is 2.53 bits per heavy atom. The first kappa shape index (κ1) is 16.0. The first-order chi connectivity index (χ1) is 8.75. The van der Waals surface area contributed by atoms with E-state index in [0.717, 1.165) is 14.9 Å². The van der Waals surface area contributed by atoms with E-state index in [1.165, 1.54) is 29.7 Å². The number of thiazole rings is 1. The summed E-state index contributed by atoms with van der Waals surface area (Å²) in [5.41, 5.74) is 2.47.